The van der Waals surface area contributed by atoms with Crippen molar-refractivity contribution >= 4 is 17.7 Å². The van der Waals surface area contributed by atoms with Gasteiger partial charge in [0.1, 0.15) is 12.4 Å². The van der Waals surface area contributed by atoms with Gasteiger partial charge in [-0.15, -0.1) is 0 Å². The van der Waals surface area contributed by atoms with E-state index in [0.717, 1.165) is 0 Å². The zero-order valence-corrected chi connectivity index (χ0v) is 9.72. The number of rotatable bonds is 3. The average Bonchev–Trinajstić information content (AvgIpc) is 2.55. The summed E-state index contributed by atoms with van der Waals surface area (Å²) in [5.74, 6) is -1.45. The second-order valence-corrected chi connectivity index (χ2v) is 4.43. The fourth-order valence-corrected chi connectivity index (χ4v) is 2.03. The summed E-state index contributed by atoms with van der Waals surface area (Å²) in [6.45, 7) is 1.62. The Bertz CT molecular complexity index is 487. The summed E-state index contributed by atoms with van der Waals surface area (Å²) in [6, 6.07) is 5.26. The molecule has 96 valence electrons. The SMILES string of the molecule is CC1(CC(=O)O)COC(=O)N1c1ccc(F)cc1. The van der Waals surface area contributed by atoms with E-state index in [1.54, 1.807) is 6.92 Å². The van der Waals surface area contributed by atoms with Crippen molar-refractivity contribution in [3.63, 3.8) is 0 Å². The van der Waals surface area contributed by atoms with Crippen molar-refractivity contribution in [1.82, 2.24) is 0 Å². The highest BCUT2D eigenvalue weighted by atomic mass is 19.1. The summed E-state index contributed by atoms with van der Waals surface area (Å²) in [5, 5.41) is 8.88. The molecule has 1 aliphatic rings. The van der Waals surface area contributed by atoms with Crippen LogP contribution in [0.15, 0.2) is 24.3 Å². The zero-order chi connectivity index (χ0) is 13.3. The second-order valence-electron chi connectivity index (χ2n) is 4.43. The molecule has 0 radical (unpaired) electrons. The van der Waals surface area contributed by atoms with Gasteiger partial charge < -0.3 is 9.84 Å². The average molecular weight is 253 g/mol. The number of carboxylic acids is 1. The lowest BCUT2D eigenvalue weighted by molar-refractivity contribution is -0.138. The second kappa shape index (κ2) is 4.29. The van der Waals surface area contributed by atoms with Crippen molar-refractivity contribution < 1.29 is 23.8 Å². The summed E-state index contributed by atoms with van der Waals surface area (Å²) < 4.78 is 17.7. The molecule has 1 heterocycles. The van der Waals surface area contributed by atoms with Crippen LogP contribution in [0.5, 0.6) is 0 Å². The number of cyclic esters (lactones) is 1. The number of aliphatic carboxylic acids is 1. The molecule has 0 aliphatic carbocycles. The van der Waals surface area contributed by atoms with Crippen molar-refractivity contribution in [3.8, 4) is 0 Å². The minimum atomic E-state index is -1.03. The Morgan fingerprint density at radius 3 is 2.67 bits per heavy atom. The number of anilines is 1. The van der Waals surface area contributed by atoms with E-state index in [0.29, 0.717) is 5.69 Å². The number of carbonyl (C=O) groups is 2. The van der Waals surface area contributed by atoms with Crippen molar-refractivity contribution in [3.05, 3.63) is 30.1 Å². The van der Waals surface area contributed by atoms with Gasteiger partial charge in [-0.3, -0.25) is 9.69 Å². The quantitative estimate of drug-likeness (QED) is 0.894. The van der Waals surface area contributed by atoms with E-state index in [9.17, 15) is 14.0 Å². The molecule has 1 atom stereocenters. The van der Waals surface area contributed by atoms with Gasteiger partial charge in [0, 0.05) is 5.69 Å². The third-order valence-electron chi connectivity index (χ3n) is 2.85. The summed E-state index contributed by atoms with van der Waals surface area (Å²) in [6.07, 6.45) is -0.860. The first-order valence-electron chi connectivity index (χ1n) is 5.37. The number of carboxylic acid groups (broad SMARTS) is 1. The van der Waals surface area contributed by atoms with Crippen molar-refractivity contribution in [2.75, 3.05) is 11.5 Å². The molecule has 0 aromatic heterocycles. The lowest BCUT2D eigenvalue weighted by Crippen LogP contribution is -2.46. The van der Waals surface area contributed by atoms with Gasteiger partial charge in [-0.25, -0.2) is 9.18 Å². The lowest BCUT2D eigenvalue weighted by atomic mass is 9.97. The van der Waals surface area contributed by atoms with E-state index in [4.69, 9.17) is 9.84 Å². The van der Waals surface area contributed by atoms with Crippen LogP contribution in [0.1, 0.15) is 13.3 Å². The molecule has 5 nitrogen and oxygen atoms in total. The molecule has 1 N–H and O–H groups in total. The maximum atomic E-state index is 12.8. The first-order valence-corrected chi connectivity index (χ1v) is 5.37. The number of amides is 1. The van der Waals surface area contributed by atoms with Crippen LogP contribution in [0.3, 0.4) is 0 Å². The fraction of sp³-hybridized carbons (Fsp3) is 0.333. The fourth-order valence-electron chi connectivity index (χ4n) is 2.03. The minimum absolute atomic E-state index is 0.00445. The van der Waals surface area contributed by atoms with Gasteiger partial charge in [0.2, 0.25) is 0 Å². The lowest BCUT2D eigenvalue weighted by Gasteiger charge is -2.30. The topological polar surface area (TPSA) is 66.8 Å². The van der Waals surface area contributed by atoms with Crippen molar-refractivity contribution in [2.45, 2.75) is 18.9 Å². The van der Waals surface area contributed by atoms with Crippen LogP contribution in [0, 0.1) is 5.82 Å². The molecule has 0 spiro atoms. The highest BCUT2D eigenvalue weighted by Gasteiger charge is 2.46. The molecule has 6 heteroatoms. The van der Waals surface area contributed by atoms with Crippen molar-refractivity contribution in [2.24, 2.45) is 0 Å². The monoisotopic (exact) mass is 253 g/mol. The number of hydrogen-bond acceptors (Lipinski definition) is 3. The van der Waals surface area contributed by atoms with Gasteiger partial charge >= 0.3 is 12.1 Å². The molecular weight excluding hydrogens is 241 g/mol. The molecule has 1 fully saturated rings. The number of ether oxygens (including phenoxy) is 1. The largest absolute Gasteiger partial charge is 0.481 e. The Kier molecular flexibility index (Phi) is 2.94. The van der Waals surface area contributed by atoms with E-state index in [1.165, 1.54) is 29.2 Å². The third-order valence-corrected chi connectivity index (χ3v) is 2.85. The predicted molar refractivity (Wildman–Crippen MR) is 60.9 cm³/mol. The van der Waals surface area contributed by atoms with Crippen LogP contribution in [-0.2, 0) is 9.53 Å². The maximum absolute atomic E-state index is 12.8. The Balaban J connectivity index is 2.35. The predicted octanol–water partition coefficient (Wildman–Crippen LogP) is 2.02. The molecule has 1 aromatic rings. The highest BCUT2D eigenvalue weighted by molar-refractivity contribution is 5.92. The summed E-state index contributed by atoms with van der Waals surface area (Å²) in [7, 11) is 0. The molecule has 2 rings (SSSR count). The zero-order valence-electron chi connectivity index (χ0n) is 9.72. The number of benzene rings is 1. The molecule has 1 unspecified atom stereocenters. The van der Waals surface area contributed by atoms with Crippen molar-refractivity contribution in [1.29, 1.82) is 0 Å². The van der Waals surface area contributed by atoms with Gasteiger partial charge in [-0.2, -0.15) is 0 Å². The summed E-state index contributed by atoms with van der Waals surface area (Å²) >= 11 is 0. The smallest absolute Gasteiger partial charge is 0.415 e. The molecule has 0 saturated carbocycles. The Hall–Kier alpha value is -2.11. The van der Waals surface area contributed by atoms with E-state index >= 15 is 0 Å². The van der Waals surface area contributed by atoms with Crippen LogP contribution in [0.2, 0.25) is 0 Å². The third kappa shape index (κ3) is 2.13. The van der Waals surface area contributed by atoms with Gasteiger partial charge in [0.15, 0.2) is 0 Å². The Morgan fingerprint density at radius 2 is 2.11 bits per heavy atom. The number of hydrogen-bond donors (Lipinski definition) is 1. The van der Waals surface area contributed by atoms with Gasteiger partial charge in [-0.1, -0.05) is 0 Å². The maximum Gasteiger partial charge on any atom is 0.415 e. The van der Waals surface area contributed by atoms with Crippen LogP contribution < -0.4 is 4.90 Å². The highest BCUT2D eigenvalue weighted by Crippen LogP contribution is 2.33. The Morgan fingerprint density at radius 1 is 1.50 bits per heavy atom. The van der Waals surface area contributed by atoms with Crippen LogP contribution in [0.25, 0.3) is 0 Å². The number of halogens is 1. The molecule has 0 bridgehead atoms. The number of nitrogens with zero attached hydrogens (tertiary/aromatic N) is 1. The summed E-state index contributed by atoms with van der Waals surface area (Å²) in [4.78, 5) is 23.8. The van der Waals surface area contributed by atoms with Gasteiger partial charge in [-0.05, 0) is 31.2 Å². The molecule has 1 aromatic carbocycles. The normalized spacial score (nSPS) is 23.0. The van der Waals surface area contributed by atoms with Crippen LogP contribution in [0.4, 0.5) is 14.9 Å². The molecule has 1 amide bonds. The van der Waals surface area contributed by atoms with Gasteiger partial charge in [0.05, 0.1) is 12.0 Å². The van der Waals surface area contributed by atoms with Gasteiger partial charge in [0.25, 0.3) is 0 Å². The molecule has 18 heavy (non-hydrogen) atoms. The minimum Gasteiger partial charge on any atom is -0.481 e. The number of carbonyl (C=O) groups excluding carboxylic acids is 1. The molecule has 1 aliphatic heterocycles. The molecule has 1 saturated heterocycles. The van der Waals surface area contributed by atoms with Crippen LogP contribution >= 0.6 is 0 Å². The first kappa shape index (κ1) is 12.3. The van der Waals surface area contributed by atoms with E-state index in [-0.39, 0.29) is 13.0 Å². The summed E-state index contributed by atoms with van der Waals surface area (Å²) in [5.41, 5.74) is -0.538. The van der Waals surface area contributed by atoms with E-state index in [1.807, 2.05) is 0 Å². The van der Waals surface area contributed by atoms with E-state index in [2.05, 4.69) is 0 Å². The first-order chi connectivity index (χ1) is 8.42. The standard InChI is InChI=1S/C12H12FNO4/c1-12(6-10(15)16)7-18-11(17)14(12)9-4-2-8(13)3-5-9/h2-5H,6-7H2,1H3,(H,15,16). The van der Waals surface area contributed by atoms with Crippen LogP contribution in [-0.4, -0.2) is 29.3 Å². The molecular formula is C12H12FNO4. The van der Waals surface area contributed by atoms with E-state index < -0.39 is 23.4 Å². The Labute approximate surface area is 103 Å².